The van der Waals surface area contributed by atoms with Gasteiger partial charge in [0.15, 0.2) is 10.6 Å². The number of hydrogen-bond acceptors (Lipinski definition) is 5. The first-order valence-electron chi connectivity index (χ1n) is 10.4. The number of phenolic OH excluding ortho intramolecular Hbond substituents is 1. The molecule has 0 radical (unpaired) electrons. The topological polar surface area (TPSA) is 83.4 Å². The van der Waals surface area contributed by atoms with Crippen molar-refractivity contribution in [1.29, 1.82) is 0 Å². The zero-order chi connectivity index (χ0) is 21.8. The maximum Gasteiger partial charge on any atom is 0.224 e. The molecule has 0 atom stereocenters. The number of methoxy groups -OCH3 is 1. The van der Waals surface area contributed by atoms with Crippen LogP contribution in [0.15, 0.2) is 48.5 Å². The van der Waals surface area contributed by atoms with Gasteiger partial charge in [-0.2, -0.15) is 5.10 Å². The van der Waals surface area contributed by atoms with E-state index in [1.54, 1.807) is 19.2 Å². The summed E-state index contributed by atoms with van der Waals surface area (Å²) in [5, 5.41) is 16.6. The van der Waals surface area contributed by atoms with Crippen molar-refractivity contribution in [3.8, 4) is 22.9 Å². The van der Waals surface area contributed by atoms with Crippen LogP contribution in [0.5, 0.6) is 11.5 Å². The molecular weight excluding hydrogens is 412 g/mol. The van der Waals surface area contributed by atoms with Crippen LogP contribution in [0, 0.1) is 4.77 Å². The number of amides is 1. The molecule has 0 unspecified atom stereocenters. The molecular formula is C23H26N4O3S. The Bertz CT molecular complexity index is 1080. The molecule has 31 heavy (non-hydrogen) atoms. The number of rotatable bonds is 6. The first-order chi connectivity index (χ1) is 15.0. The highest BCUT2D eigenvalue weighted by Crippen LogP contribution is 2.29. The molecule has 2 N–H and O–H groups in total. The number of carbonyl (C=O) groups excluding carboxylic acids is 1. The molecule has 1 aliphatic heterocycles. The summed E-state index contributed by atoms with van der Waals surface area (Å²) < 4.78 is 7.59. The Morgan fingerprint density at radius 1 is 1.16 bits per heavy atom. The van der Waals surface area contributed by atoms with E-state index in [9.17, 15) is 9.90 Å². The fourth-order valence-electron chi connectivity index (χ4n) is 4.06. The van der Waals surface area contributed by atoms with Crippen LogP contribution in [0.2, 0.25) is 0 Å². The lowest BCUT2D eigenvalue weighted by molar-refractivity contribution is -0.132. The number of benzene rings is 2. The molecule has 1 amide bonds. The molecule has 1 fully saturated rings. The fraction of sp³-hybridized carbons (Fsp3) is 0.348. The quantitative estimate of drug-likeness (QED) is 0.566. The summed E-state index contributed by atoms with van der Waals surface area (Å²) in [6, 6.07) is 15.0. The summed E-state index contributed by atoms with van der Waals surface area (Å²) in [7, 11) is 1.63. The second kappa shape index (κ2) is 9.34. The molecule has 1 aromatic heterocycles. The second-order valence-electron chi connectivity index (χ2n) is 7.73. The molecule has 3 aromatic rings. The highest BCUT2D eigenvalue weighted by Gasteiger charge is 2.24. The molecule has 4 rings (SSSR count). The lowest BCUT2D eigenvalue weighted by Gasteiger charge is -2.32. The van der Waals surface area contributed by atoms with Gasteiger partial charge in [0.05, 0.1) is 7.11 Å². The maximum absolute atomic E-state index is 12.8. The Hall–Kier alpha value is -3.13. The van der Waals surface area contributed by atoms with Crippen molar-refractivity contribution in [3.05, 3.63) is 58.9 Å². The lowest BCUT2D eigenvalue weighted by atomic mass is 9.89. The Balaban J connectivity index is 1.36. The first-order valence-corrected chi connectivity index (χ1v) is 10.8. The van der Waals surface area contributed by atoms with Gasteiger partial charge in [-0.05, 0) is 72.9 Å². The molecule has 2 heterocycles. The molecule has 8 heteroatoms. The number of carbonyl (C=O) groups is 1. The van der Waals surface area contributed by atoms with Gasteiger partial charge in [-0.1, -0.05) is 12.1 Å². The van der Waals surface area contributed by atoms with Crippen molar-refractivity contribution in [2.45, 2.75) is 31.7 Å². The Morgan fingerprint density at radius 2 is 1.84 bits per heavy atom. The van der Waals surface area contributed by atoms with E-state index in [1.807, 2.05) is 45.9 Å². The fourth-order valence-corrected chi connectivity index (χ4v) is 4.28. The maximum atomic E-state index is 12.8. The van der Waals surface area contributed by atoms with Gasteiger partial charge in [0, 0.05) is 31.6 Å². The molecule has 162 valence electrons. The largest absolute Gasteiger partial charge is 0.508 e. The number of aromatic nitrogens is 3. The normalized spacial score (nSPS) is 14.5. The van der Waals surface area contributed by atoms with Crippen molar-refractivity contribution in [2.75, 3.05) is 20.2 Å². The smallest absolute Gasteiger partial charge is 0.224 e. The van der Waals surface area contributed by atoms with Gasteiger partial charge in [-0.3, -0.25) is 14.5 Å². The highest BCUT2D eigenvalue weighted by molar-refractivity contribution is 7.71. The number of nitrogens with zero attached hydrogens (tertiary/aromatic N) is 3. The number of H-pyrrole nitrogens is 1. The van der Waals surface area contributed by atoms with Gasteiger partial charge >= 0.3 is 0 Å². The highest BCUT2D eigenvalue weighted by atomic mass is 32.1. The minimum Gasteiger partial charge on any atom is -0.508 e. The number of aromatic hydroxyl groups is 1. The summed E-state index contributed by atoms with van der Waals surface area (Å²) in [6.45, 7) is 1.96. The van der Waals surface area contributed by atoms with Crippen molar-refractivity contribution >= 4 is 18.1 Å². The van der Waals surface area contributed by atoms with Crippen LogP contribution >= 0.6 is 12.2 Å². The summed E-state index contributed by atoms with van der Waals surface area (Å²) in [4.78, 5) is 14.8. The van der Waals surface area contributed by atoms with Gasteiger partial charge < -0.3 is 14.7 Å². The van der Waals surface area contributed by atoms with Crippen LogP contribution < -0.4 is 4.74 Å². The van der Waals surface area contributed by atoms with Crippen LogP contribution in [0.1, 0.15) is 30.7 Å². The standard InChI is InChI=1S/C23H26N4O3S/c1-30-20-8-4-18(5-9-20)22-24-25-23(31)27(22)15-12-21(29)26-13-10-17(11-14-26)16-2-6-19(28)7-3-16/h2-9,17,28H,10-15H2,1H3,(H,25,31). The summed E-state index contributed by atoms with van der Waals surface area (Å²) in [6.07, 6.45) is 2.23. The zero-order valence-corrected chi connectivity index (χ0v) is 18.3. The molecule has 1 aliphatic rings. The van der Waals surface area contributed by atoms with E-state index in [0.29, 0.717) is 29.5 Å². The van der Waals surface area contributed by atoms with E-state index in [0.717, 1.165) is 37.2 Å². The predicted molar refractivity (Wildman–Crippen MR) is 121 cm³/mol. The molecule has 0 bridgehead atoms. The molecule has 0 aliphatic carbocycles. The van der Waals surface area contributed by atoms with Crippen LogP contribution in [-0.2, 0) is 11.3 Å². The zero-order valence-electron chi connectivity index (χ0n) is 17.5. The van der Waals surface area contributed by atoms with E-state index in [1.165, 1.54) is 5.56 Å². The van der Waals surface area contributed by atoms with E-state index in [-0.39, 0.29) is 11.7 Å². The van der Waals surface area contributed by atoms with Crippen molar-refractivity contribution < 1.29 is 14.6 Å². The monoisotopic (exact) mass is 438 g/mol. The average molecular weight is 439 g/mol. The van der Waals surface area contributed by atoms with Crippen LogP contribution in [0.3, 0.4) is 0 Å². The van der Waals surface area contributed by atoms with Gasteiger partial charge in [0.1, 0.15) is 11.5 Å². The number of ether oxygens (including phenoxy) is 1. The molecule has 1 saturated heterocycles. The van der Waals surface area contributed by atoms with E-state index in [2.05, 4.69) is 10.2 Å². The molecule has 7 nitrogen and oxygen atoms in total. The SMILES string of the molecule is COc1ccc(-c2n[nH]c(=S)n2CCC(=O)N2CCC(c3ccc(O)cc3)CC2)cc1. The second-order valence-corrected chi connectivity index (χ2v) is 8.12. The van der Waals surface area contributed by atoms with E-state index < -0.39 is 0 Å². The predicted octanol–water partition coefficient (Wildman–Crippen LogP) is 4.12. The van der Waals surface area contributed by atoms with Gasteiger partial charge in [-0.15, -0.1) is 0 Å². The lowest BCUT2D eigenvalue weighted by Crippen LogP contribution is -2.38. The van der Waals surface area contributed by atoms with Gasteiger partial charge in [-0.25, -0.2) is 0 Å². The van der Waals surface area contributed by atoms with Crippen LogP contribution in [0.4, 0.5) is 0 Å². The molecule has 2 aromatic carbocycles. The number of aromatic amines is 1. The van der Waals surface area contributed by atoms with Crippen molar-refractivity contribution in [1.82, 2.24) is 19.7 Å². The van der Waals surface area contributed by atoms with Gasteiger partial charge in [0.2, 0.25) is 5.91 Å². The molecule has 0 saturated carbocycles. The Morgan fingerprint density at radius 3 is 2.48 bits per heavy atom. The summed E-state index contributed by atoms with van der Waals surface area (Å²) >= 11 is 5.39. The van der Waals surface area contributed by atoms with Crippen LogP contribution in [-0.4, -0.2) is 50.9 Å². The third kappa shape index (κ3) is 4.80. The Labute approximate surface area is 186 Å². The number of nitrogens with one attached hydrogen (secondary N) is 1. The Kier molecular flexibility index (Phi) is 6.36. The number of hydrogen-bond donors (Lipinski definition) is 2. The first kappa shape index (κ1) is 21.1. The minimum atomic E-state index is 0.132. The third-order valence-corrected chi connectivity index (χ3v) is 6.18. The number of likely N-dealkylation sites (tertiary alicyclic amines) is 1. The summed E-state index contributed by atoms with van der Waals surface area (Å²) in [5.74, 6) is 2.33. The molecule has 0 spiro atoms. The average Bonchev–Trinajstić information content (AvgIpc) is 3.18. The number of piperidine rings is 1. The van der Waals surface area contributed by atoms with E-state index in [4.69, 9.17) is 17.0 Å². The summed E-state index contributed by atoms with van der Waals surface area (Å²) in [5.41, 5.74) is 2.13. The van der Waals surface area contributed by atoms with Crippen LogP contribution in [0.25, 0.3) is 11.4 Å². The van der Waals surface area contributed by atoms with Gasteiger partial charge in [0.25, 0.3) is 0 Å². The minimum absolute atomic E-state index is 0.132. The van der Waals surface area contributed by atoms with Crippen molar-refractivity contribution in [2.24, 2.45) is 0 Å². The van der Waals surface area contributed by atoms with E-state index >= 15 is 0 Å². The third-order valence-electron chi connectivity index (χ3n) is 5.87. The number of phenols is 1. The van der Waals surface area contributed by atoms with Crippen molar-refractivity contribution in [3.63, 3.8) is 0 Å².